The topological polar surface area (TPSA) is 41.1 Å². The Morgan fingerprint density at radius 1 is 0.842 bits per heavy atom. The summed E-state index contributed by atoms with van der Waals surface area (Å²) in [6.45, 7) is 4.29. The van der Waals surface area contributed by atoms with E-state index in [1.54, 1.807) is 0 Å². The molecule has 2 N–H and O–H groups in total. The van der Waals surface area contributed by atoms with E-state index < -0.39 is 0 Å². The van der Waals surface area contributed by atoms with E-state index in [1.165, 1.54) is 5.56 Å². The molecule has 0 heterocycles. The minimum absolute atomic E-state index is 0.233. The third-order valence-electron chi connectivity index (χ3n) is 2.87. The monoisotopic (exact) mass is 254 g/mol. The number of amides is 2. The lowest BCUT2D eigenvalue weighted by Gasteiger charge is -2.09. The van der Waals surface area contributed by atoms with Gasteiger partial charge in [0.25, 0.3) is 0 Å². The maximum absolute atomic E-state index is 11.8. The Morgan fingerprint density at radius 3 is 1.89 bits per heavy atom. The molecule has 0 atom stereocenters. The number of hydrogen-bond acceptors (Lipinski definition) is 1. The molecule has 3 heteroatoms. The van der Waals surface area contributed by atoms with Gasteiger partial charge in [0.05, 0.1) is 0 Å². The summed E-state index contributed by atoms with van der Waals surface area (Å²) >= 11 is 0. The van der Waals surface area contributed by atoms with E-state index in [1.807, 2.05) is 54.6 Å². The standard InChI is InChI=1S/C16H18N2O/c1-12(2)13-8-10-15(11-9-13)18-16(19)17-14-6-4-3-5-7-14/h3-12H,1-2H3,(H2,17,18,19). The molecular formula is C16H18N2O. The van der Waals surface area contributed by atoms with Crippen molar-refractivity contribution in [3.05, 3.63) is 60.2 Å². The summed E-state index contributed by atoms with van der Waals surface area (Å²) in [4.78, 5) is 11.8. The summed E-state index contributed by atoms with van der Waals surface area (Å²) in [7, 11) is 0. The van der Waals surface area contributed by atoms with Gasteiger partial charge in [0.15, 0.2) is 0 Å². The number of hydrogen-bond donors (Lipinski definition) is 2. The van der Waals surface area contributed by atoms with Crippen molar-refractivity contribution in [1.82, 2.24) is 0 Å². The molecule has 0 aliphatic rings. The first-order valence-corrected chi connectivity index (χ1v) is 6.38. The van der Waals surface area contributed by atoms with Gasteiger partial charge in [-0.1, -0.05) is 44.2 Å². The molecular weight excluding hydrogens is 236 g/mol. The zero-order chi connectivity index (χ0) is 13.7. The molecule has 0 saturated heterocycles. The second-order valence-electron chi connectivity index (χ2n) is 4.72. The predicted octanol–water partition coefficient (Wildman–Crippen LogP) is 4.45. The maximum Gasteiger partial charge on any atom is 0.323 e. The summed E-state index contributed by atoms with van der Waals surface area (Å²) in [5.74, 6) is 0.493. The number of benzene rings is 2. The molecule has 0 bridgehead atoms. The zero-order valence-electron chi connectivity index (χ0n) is 11.2. The van der Waals surface area contributed by atoms with E-state index >= 15 is 0 Å². The number of urea groups is 1. The van der Waals surface area contributed by atoms with Gasteiger partial charge in [0, 0.05) is 11.4 Å². The smallest absolute Gasteiger partial charge is 0.308 e. The number of rotatable bonds is 3. The Balaban J connectivity index is 1.95. The second kappa shape index (κ2) is 6.05. The van der Waals surface area contributed by atoms with E-state index in [2.05, 4.69) is 24.5 Å². The minimum Gasteiger partial charge on any atom is -0.308 e. The number of nitrogens with one attached hydrogen (secondary N) is 2. The highest BCUT2D eigenvalue weighted by Crippen LogP contribution is 2.17. The molecule has 0 spiro atoms. The Kier molecular flexibility index (Phi) is 4.18. The van der Waals surface area contributed by atoms with E-state index in [0.717, 1.165) is 11.4 Å². The first-order valence-electron chi connectivity index (χ1n) is 6.38. The van der Waals surface area contributed by atoms with Crippen LogP contribution in [0.5, 0.6) is 0 Å². The van der Waals surface area contributed by atoms with Gasteiger partial charge in [0.2, 0.25) is 0 Å². The quantitative estimate of drug-likeness (QED) is 0.834. The SMILES string of the molecule is CC(C)c1ccc(NC(=O)Nc2ccccc2)cc1. The van der Waals surface area contributed by atoms with Gasteiger partial charge < -0.3 is 10.6 Å². The van der Waals surface area contributed by atoms with E-state index in [9.17, 15) is 4.79 Å². The van der Waals surface area contributed by atoms with Crippen molar-refractivity contribution >= 4 is 17.4 Å². The van der Waals surface area contributed by atoms with Crippen molar-refractivity contribution < 1.29 is 4.79 Å². The van der Waals surface area contributed by atoms with Gasteiger partial charge in [-0.05, 0) is 35.7 Å². The average molecular weight is 254 g/mol. The fourth-order valence-electron chi connectivity index (χ4n) is 1.77. The van der Waals surface area contributed by atoms with Crippen LogP contribution in [0, 0.1) is 0 Å². The molecule has 0 fully saturated rings. The molecule has 19 heavy (non-hydrogen) atoms. The zero-order valence-corrected chi connectivity index (χ0v) is 11.2. The van der Waals surface area contributed by atoms with Gasteiger partial charge in [-0.2, -0.15) is 0 Å². The first kappa shape index (κ1) is 13.1. The molecule has 0 aliphatic carbocycles. The van der Waals surface area contributed by atoms with E-state index in [4.69, 9.17) is 0 Å². The Hall–Kier alpha value is -2.29. The van der Waals surface area contributed by atoms with Crippen LogP contribution < -0.4 is 10.6 Å². The summed E-state index contributed by atoms with van der Waals surface area (Å²) in [6, 6.07) is 17.0. The van der Waals surface area contributed by atoms with Crippen LogP contribution >= 0.6 is 0 Å². The molecule has 2 rings (SSSR count). The van der Waals surface area contributed by atoms with Crippen LogP contribution in [0.25, 0.3) is 0 Å². The molecule has 0 saturated carbocycles. The lowest BCUT2D eigenvalue weighted by molar-refractivity contribution is 0.262. The fourth-order valence-corrected chi connectivity index (χ4v) is 1.77. The third-order valence-corrected chi connectivity index (χ3v) is 2.87. The van der Waals surface area contributed by atoms with Crippen LogP contribution in [0.15, 0.2) is 54.6 Å². The molecule has 0 aromatic heterocycles. The molecule has 3 nitrogen and oxygen atoms in total. The van der Waals surface area contributed by atoms with Gasteiger partial charge >= 0.3 is 6.03 Å². The molecule has 0 radical (unpaired) electrons. The highest BCUT2D eigenvalue weighted by Gasteiger charge is 2.03. The van der Waals surface area contributed by atoms with Crippen molar-refractivity contribution in [2.75, 3.05) is 10.6 Å². The van der Waals surface area contributed by atoms with Gasteiger partial charge in [0.1, 0.15) is 0 Å². The number of carbonyl (C=O) groups is 1. The summed E-state index contributed by atoms with van der Waals surface area (Å²) < 4.78 is 0. The molecule has 0 aliphatic heterocycles. The second-order valence-corrected chi connectivity index (χ2v) is 4.72. The van der Waals surface area contributed by atoms with Crippen LogP contribution in [0.2, 0.25) is 0 Å². The number of carbonyl (C=O) groups excluding carboxylic acids is 1. The van der Waals surface area contributed by atoms with Crippen molar-refractivity contribution in [3.63, 3.8) is 0 Å². The molecule has 2 amide bonds. The van der Waals surface area contributed by atoms with Crippen LogP contribution in [-0.4, -0.2) is 6.03 Å². The van der Waals surface area contributed by atoms with Crippen molar-refractivity contribution in [2.24, 2.45) is 0 Å². The predicted molar refractivity (Wildman–Crippen MR) is 79.6 cm³/mol. The van der Waals surface area contributed by atoms with E-state index in [0.29, 0.717) is 5.92 Å². The van der Waals surface area contributed by atoms with Crippen LogP contribution in [-0.2, 0) is 0 Å². The van der Waals surface area contributed by atoms with E-state index in [-0.39, 0.29) is 6.03 Å². The van der Waals surface area contributed by atoms with Gasteiger partial charge in [-0.15, -0.1) is 0 Å². The molecule has 0 unspecified atom stereocenters. The maximum atomic E-state index is 11.8. The largest absolute Gasteiger partial charge is 0.323 e. The van der Waals surface area contributed by atoms with Crippen molar-refractivity contribution in [3.8, 4) is 0 Å². The molecule has 2 aromatic rings. The number of para-hydroxylation sites is 1. The highest BCUT2D eigenvalue weighted by atomic mass is 16.2. The third kappa shape index (κ3) is 3.85. The van der Waals surface area contributed by atoms with Gasteiger partial charge in [-0.3, -0.25) is 0 Å². The highest BCUT2D eigenvalue weighted by molar-refractivity contribution is 5.99. The summed E-state index contributed by atoms with van der Waals surface area (Å²) in [5.41, 5.74) is 2.82. The first-order chi connectivity index (χ1) is 9.15. The van der Waals surface area contributed by atoms with Crippen LogP contribution in [0.1, 0.15) is 25.3 Å². The summed E-state index contributed by atoms with van der Waals surface area (Å²) in [6.07, 6.45) is 0. The lowest BCUT2D eigenvalue weighted by Crippen LogP contribution is -2.19. The normalized spacial score (nSPS) is 10.3. The lowest BCUT2D eigenvalue weighted by atomic mass is 10.0. The number of anilines is 2. The fraction of sp³-hybridized carbons (Fsp3) is 0.188. The van der Waals surface area contributed by atoms with Crippen molar-refractivity contribution in [1.29, 1.82) is 0 Å². The Bertz CT molecular complexity index is 532. The van der Waals surface area contributed by atoms with Gasteiger partial charge in [-0.25, -0.2) is 4.79 Å². The molecule has 98 valence electrons. The summed E-state index contributed by atoms with van der Waals surface area (Å²) in [5, 5.41) is 5.58. The van der Waals surface area contributed by atoms with Crippen LogP contribution in [0.3, 0.4) is 0 Å². The Labute approximate surface area is 113 Å². The van der Waals surface area contributed by atoms with Crippen LogP contribution in [0.4, 0.5) is 16.2 Å². The van der Waals surface area contributed by atoms with Crippen molar-refractivity contribution in [2.45, 2.75) is 19.8 Å². The minimum atomic E-state index is -0.233. The Morgan fingerprint density at radius 2 is 1.37 bits per heavy atom. The average Bonchev–Trinajstić information content (AvgIpc) is 2.40. The molecule has 2 aromatic carbocycles.